The van der Waals surface area contributed by atoms with Crippen molar-refractivity contribution in [2.45, 2.75) is 39.0 Å². The van der Waals surface area contributed by atoms with E-state index in [-0.39, 0.29) is 5.91 Å². The fourth-order valence-electron chi connectivity index (χ4n) is 2.46. The average molecular weight is 267 g/mol. The minimum absolute atomic E-state index is 0.0620. The van der Waals surface area contributed by atoms with E-state index in [2.05, 4.69) is 10.3 Å². The molecule has 2 rings (SSSR count). The van der Waals surface area contributed by atoms with Crippen LogP contribution in [0.4, 0.5) is 0 Å². The van der Waals surface area contributed by atoms with E-state index in [9.17, 15) is 4.79 Å². The lowest BCUT2D eigenvalue weighted by Gasteiger charge is -2.21. The third-order valence-electron chi connectivity index (χ3n) is 3.57. The Bertz CT molecular complexity index is 428. The number of halogens is 1. The van der Waals surface area contributed by atoms with Crippen LogP contribution in [0.1, 0.15) is 48.2 Å². The van der Waals surface area contributed by atoms with Gasteiger partial charge in [0, 0.05) is 12.7 Å². The topological polar surface area (TPSA) is 42.0 Å². The Hall–Kier alpha value is -1.09. The molecule has 3 nitrogen and oxygen atoms in total. The molecule has 0 aromatic carbocycles. The van der Waals surface area contributed by atoms with E-state index < -0.39 is 0 Å². The molecule has 0 aliphatic heterocycles. The highest BCUT2D eigenvalue weighted by Gasteiger charge is 2.16. The van der Waals surface area contributed by atoms with Crippen molar-refractivity contribution >= 4 is 17.5 Å². The molecule has 1 fully saturated rings. The van der Waals surface area contributed by atoms with Crippen LogP contribution in [-0.2, 0) is 0 Å². The van der Waals surface area contributed by atoms with Gasteiger partial charge in [0.1, 0.15) is 0 Å². The zero-order valence-electron chi connectivity index (χ0n) is 10.7. The van der Waals surface area contributed by atoms with Gasteiger partial charge in [-0.2, -0.15) is 0 Å². The number of aryl methyl sites for hydroxylation is 1. The second kappa shape index (κ2) is 6.19. The van der Waals surface area contributed by atoms with Gasteiger partial charge in [-0.15, -0.1) is 0 Å². The summed E-state index contributed by atoms with van der Waals surface area (Å²) in [7, 11) is 0. The highest BCUT2D eigenvalue weighted by atomic mass is 35.5. The van der Waals surface area contributed by atoms with Gasteiger partial charge in [-0.1, -0.05) is 30.9 Å². The molecule has 1 aromatic rings. The number of carbonyl (C=O) groups is 1. The number of pyridine rings is 1. The SMILES string of the molecule is Cc1ncc(Cl)cc1C(=O)NCC1CCCCC1. The molecular weight excluding hydrogens is 248 g/mol. The fourth-order valence-corrected chi connectivity index (χ4v) is 2.62. The van der Waals surface area contributed by atoms with E-state index in [4.69, 9.17) is 11.6 Å². The van der Waals surface area contributed by atoms with Crippen molar-refractivity contribution in [3.63, 3.8) is 0 Å². The number of aromatic nitrogens is 1. The number of nitrogens with zero attached hydrogens (tertiary/aromatic N) is 1. The average Bonchev–Trinajstić information content (AvgIpc) is 2.40. The first kappa shape index (κ1) is 13.3. The summed E-state index contributed by atoms with van der Waals surface area (Å²) in [5.41, 5.74) is 1.30. The van der Waals surface area contributed by atoms with E-state index >= 15 is 0 Å². The van der Waals surface area contributed by atoms with Gasteiger partial charge in [-0.3, -0.25) is 9.78 Å². The predicted octanol–water partition coefficient (Wildman–Crippen LogP) is 3.35. The van der Waals surface area contributed by atoms with Crippen LogP contribution < -0.4 is 5.32 Å². The van der Waals surface area contributed by atoms with Gasteiger partial charge in [-0.25, -0.2) is 0 Å². The van der Waals surface area contributed by atoms with Crippen LogP contribution >= 0.6 is 11.6 Å². The van der Waals surface area contributed by atoms with Crippen molar-refractivity contribution in [2.75, 3.05) is 6.54 Å². The molecule has 1 heterocycles. The van der Waals surface area contributed by atoms with Crippen molar-refractivity contribution in [1.29, 1.82) is 0 Å². The molecule has 4 heteroatoms. The second-order valence-corrected chi connectivity index (χ2v) is 5.44. The Morgan fingerprint density at radius 1 is 1.44 bits per heavy atom. The van der Waals surface area contributed by atoms with Crippen LogP contribution in [0.15, 0.2) is 12.3 Å². The van der Waals surface area contributed by atoms with Gasteiger partial charge < -0.3 is 5.32 Å². The highest BCUT2D eigenvalue weighted by molar-refractivity contribution is 6.30. The number of amides is 1. The van der Waals surface area contributed by atoms with Crippen LogP contribution in [0.2, 0.25) is 5.02 Å². The second-order valence-electron chi connectivity index (χ2n) is 5.00. The molecule has 1 aliphatic rings. The maximum absolute atomic E-state index is 12.1. The monoisotopic (exact) mass is 266 g/mol. The molecule has 1 amide bonds. The van der Waals surface area contributed by atoms with Crippen LogP contribution in [0, 0.1) is 12.8 Å². The molecule has 1 aliphatic carbocycles. The summed E-state index contributed by atoms with van der Waals surface area (Å²) in [4.78, 5) is 16.2. The van der Waals surface area contributed by atoms with Crippen molar-refractivity contribution in [2.24, 2.45) is 5.92 Å². The lowest BCUT2D eigenvalue weighted by atomic mass is 9.89. The first-order valence-corrected chi connectivity index (χ1v) is 6.95. The molecule has 0 unspecified atom stereocenters. The van der Waals surface area contributed by atoms with Crippen LogP contribution in [0.3, 0.4) is 0 Å². The summed E-state index contributed by atoms with van der Waals surface area (Å²) in [5, 5.41) is 3.50. The molecule has 0 bridgehead atoms. The highest BCUT2D eigenvalue weighted by Crippen LogP contribution is 2.23. The third kappa shape index (κ3) is 3.45. The zero-order valence-corrected chi connectivity index (χ0v) is 11.5. The van der Waals surface area contributed by atoms with Crippen molar-refractivity contribution < 1.29 is 4.79 Å². The molecule has 1 saturated carbocycles. The van der Waals surface area contributed by atoms with Gasteiger partial charge in [0.15, 0.2) is 0 Å². The Morgan fingerprint density at radius 3 is 2.89 bits per heavy atom. The van der Waals surface area contributed by atoms with Crippen LogP contribution in [0.5, 0.6) is 0 Å². The maximum atomic E-state index is 12.1. The summed E-state index contributed by atoms with van der Waals surface area (Å²) in [6, 6.07) is 1.68. The predicted molar refractivity (Wildman–Crippen MR) is 72.9 cm³/mol. The standard InChI is InChI=1S/C14H19ClN2O/c1-10-13(7-12(15)9-16-10)14(18)17-8-11-5-3-2-4-6-11/h7,9,11H,2-6,8H2,1H3,(H,17,18). The van der Waals surface area contributed by atoms with Gasteiger partial charge in [-0.05, 0) is 31.7 Å². The van der Waals surface area contributed by atoms with E-state index in [1.807, 2.05) is 6.92 Å². The number of rotatable bonds is 3. The molecule has 0 radical (unpaired) electrons. The van der Waals surface area contributed by atoms with Gasteiger partial charge >= 0.3 is 0 Å². The van der Waals surface area contributed by atoms with E-state index in [1.54, 1.807) is 12.3 Å². The summed E-state index contributed by atoms with van der Waals surface area (Å²) in [5.74, 6) is 0.572. The fraction of sp³-hybridized carbons (Fsp3) is 0.571. The lowest BCUT2D eigenvalue weighted by Crippen LogP contribution is -2.30. The van der Waals surface area contributed by atoms with Crippen LogP contribution in [-0.4, -0.2) is 17.4 Å². The Kier molecular flexibility index (Phi) is 4.59. The van der Waals surface area contributed by atoms with E-state index in [0.29, 0.717) is 16.5 Å². The number of nitrogens with one attached hydrogen (secondary N) is 1. The summed E-state index contributed by atoms with van der Waals surface area (Å²) in [6.07, 6.45) is 7.94. The molecular formula is C14H19ClN2O. The number of hydrogen-bond donors (Lipinski definition) is 1. The lowest BCUT2D eigenvalue weighted by molar-refractivity contribution is 0.0942. The molecule has 18 heavy (non-hydrogen) atoms. The zero-order chi connectivity index (χ0) is 13.0. The molecule has 0 atom stereocenters. The van der Waals surface area contributed by atoms with Gasteiger partial charge in [0.05, 0.1) is 16.3 Å². The van der Waals surface area contributed by atoms with Gasteiger partial charge in [0.2, 0.25) is 0 Å². The minimum atomic E-state index is -0.0620. The summed E-state index contributed by atoms with van der Waals surface area (Å²) < 4.78 is 0. The first-order chi connectivity index (χ1) is 8.66. The minimum Gasteiger partial charge on any atom is -0.352 e. The molecule has 1 aromatic heterocycles. The number of carbonyl (C=O) groups excluding carboxylic acids is 1. The Morgan fingerprint density at radius 2 is 2.17 bits per heavy atom. The largest absolute Gasteiger partial charge is 0.352 e. The van der Waals surface area contributed by atoms with Crippen molar-refractivity contribution in [3.8, 4) is 0 Å². The summed E-state index contributed by atoms with van der Waals surface area (Å²) >= 11 is 5.87. The quantitative estimate of drug-likeness (QED) is 0.912. The normalized spacial score (nSPS) is 16.6. The maximum Gasteiger partial charge on any atom is 0.253 e. The molecule has 0 saturated heterocycles. The third-order valence-corrected chi connectivity index (χ3v) is 3.78. The van der Waals surface area contributed by atoms with Crippen molar-refractivity contribution in [1.82, 2.24) is 10.3 Å². The van der Waals surface area contributed by atoms with Gasteiger partial charge in [0.25, 0.3) is 5.91 Å². The van der Waals surface area contributed by atoms with Crippen LogP contribution in [0.25, 0.3) is 0 Å². The van der Waals surface area contributed by atoms with E-state index in [1.165, 1.54) is 32.1 Å². The smallest absolute Gasteiger partial charge is 0.253 e. The Labute approximate surface area is 113 Å². The first-order valence-electron chi connectivity index (χ1n) is 6.57. The number of hydrogen-bond acceptors (Lipinski definition) is 2. The molecule has 0 spiro atoms. The molecule has 1 N–H and O–H groups in total. The van der Waals surface area contributed by atoms with Crippen molar-refractivity contribution in [3.05, 3.63) is 28.5 Å². The summed E-state index contributed by atoms with van der Waals surface area (Å²) in [6.45, 7) is 2.59. The van der Waals surface area contributed by atoms with E-state index in [0.717, 1.165) is 12.2 Å². The molecule has 98 valence electrons. The Balaban J connectivity index is 1.92.